The monoisotopic (exact) mass is 810 g/mol. The van der Waals surface area contributed by atoms with Crippen molar-refractivity contribution in [3.05, 3.63) is 130 Å². The number of carbonyl (C=O) groups excluding carboxylic acids is 3. The third kappa shape index (κ3) is 5.96. The topological polar surface area (TPSA) is 143 Å². The highest BCUT2D eigenvalue weighted by molar-refractivity contribution is 6.91. The van der Waals surface area contributed by atoms with Crippen molar-refractivity contribution in [1.29, 1.82) is 0 Å². The number of non-ortho nitro benzene ring substituents is 1. The number of fused-ring (bicyclic) bond motifs is 2. The summed E-state index contributed by atoms with van der Waals surface area (Å²) < 4.78 is 12.6. The lowest BCUT2D eigenvalue weighted by molar-refractivity contribution is -0.385. The molecule has 0 radical (unpaired) electrons. The van der Waals surface area contributed by atoms with E-state index in [4.69, 9.17) is 9.47 Å². The van der Waals surface area contributed by atoms with Crippen LogP contribution in [0.2, 0.25) is 18.6 Å². The second-order valence-corrected chi connectivity index (χ2v) is 21.5. The van der Waals surface area contributed by atoms with E-state index in [-0.39, 0.29) is 54.6 Å². The molecule has 0 bridgehead atoms. The van der Waals surface area contributed by atoms with Crippen molar-refractivity contribution >= 4 is 64.5 Å². The molecule has 0 saturated carbocycles. The van der Waals surface area contributed by atoms with Crippen LogP contribution in [0.15, 0.2) is 103 Å². The van der Waals surface area contributed by atoms with Crippen LogP contribution in [0.3, 0.4) is 0 Å². The molecule has 0 aliphatic carbocycles. The van der Waals surface area contributed by atoms with Gasteiger partial charge in [0.05, 0.1) is 68.8 Å². The normalized spacial score (nSPS) is 23.5. The van der Waals surface area contributed by atoms with Crippen LogP contribution in [0.5, 0.6) is 5.75 Å². The van der Waals surface area contributed by atoms with E-state index in [2.05, 4.69) is 13.1 Å². The van der Waals surface area contributed by atoms with Gasteiger partial charge in [0, 0.05) is 41.2 Å². The minimum atomic E-state index is -2.62. The number of ether oxygens (including phenoxy) is 2. The summed E-state index contributed by atoms with van der Waals surface area (Å²) in [6, 6.07) is 31.3. The number of aliphatic hydroxyl groups is 1. The Labute approximate surface area is 343 Å². The average Bonchev–Trinajstić information content (AvgIpc) is 3.98. The maximum absolute atomic E-state index is 15.4. The molecule has 9 rings (SSSR count). The zero-order chi connectivity index (χ0) is 41.4. The summed E-state index contributed by atoms with van der Waals surface area (Å²) in [6.45, 7) is 6.99. The Bertz CT molecular complexity index is 2520. The number of hydrogen-bond donors (Lipinski definition) is 1. The molecule has 5 atom stereocenters. The quantitative estimate of drug-likeness (QED) is 0.0888. The Morgan fingerprint density at radius 3 is 2.41 bits per heavy atom. The third-order valence-corrected chi connectivity index (χ3v) is 17.8. The van der Waals surface area contributed by atoms with E-state index < -0.39 is 30.6 Å². The lowest BCUT2D eigenvalue weighted by Crippen LogP contribution is -2.52. The van der Waals surface area contributed by atoms with Crippen LogP contribution in [0.4, 0.5) is 22.7 Å². The molecule has 302 valence electrons. The number of methoxy groups -OCH3 is 1. The number of amides is 3. The summed E-state index contributed by atoms with van der Waals surface area (Å²) in [4.78, 5) is 60.1. The van der Waals surface area contributed by atoms with Gasteiger partial charge in [0.25, 0.3) is 17.5 Å². The van der Waals surface area contributed by atoms with Gasteiger partial charge in [-0.1, -0.05) is 73.7 Å². The smallest absolute Gasteiger partial charge is 0.269 e. The molecule has 59 heavy (non-hydrogen) atoms. The van der Waals surface area contributed by atoms with E-state index in [1.807, 2.05) is 91.9 Å². The van der Waals surface area contributed by atoms with E-state index in [1.54, 1.807) is 27.9 Å². The van der Waals surface area contributed by atoms with Crippen molar-refractivity contribution in [3.63, 3.8) is 0 Å². The molecule has 1 N–H and O–H groups in total. The maximum atomic E-state index is 15.4. The molecule has 4 heterocycles. The van der Waals surface area contributed by atoms with Crippen LogP contribution >= 0.6 is 0 Å². The van der Waals surface area contributed by atoms with Crippen LogP contribution in [-0.4, -0.2) is 73.1 Å². The summed E-state index contributed by atoms with van der Waals surface area (Å²) >= 11 is 0. The zero-order valence-electron chi connectivity index (χ0n) is 33.5. The molecule has 1 spiro atoms. The number of benzene rings is 5. The van der Waals surface area contributed by atoms with Crippen LogP contribution < -0.4 is 19.7 Å². The zero-order valence-corrected chi connectivity index (χ0v) is 34.5. The molecular formula is C46H46N4O8Si. The molecule has 13 heteroatoms. The summed E-state index contributed by atoms with van der Waals surface area (Å²) in [7, 11) is -1.00. The van der Waals surface area contributed by atoms with Gasteiger partial charge in [-0.05, 0) is 71.8 Å². The van der Waals surface area contributed by atoms with Crippen molar-refractivity contribution in [3.8, 4) is 5.75 Å². The number of rotatable bonds is 10. The number of aliphatic hydroxyl groups excluding tert-OH is 1. The third-order valence-electron chi connectivity index (χ3n) is 13.4. The van der Waals surface area contributed by atoms with Crippen molar-refractivity contribution < 1.29 is 33.9 Å². The average molecular weight is 811 g/mol. The van der Waals surface area contributed by atoms with Crippen LogP contribution in [0.25, 0.3) is 10.8 Å². The molecule has 0 aromatic heterocycles. The largest absolute Gasteiger partial charge is 0.497 e. The minimum absolute atomic E-state index is 0.00561. The molecule has 4 aliphatic rings. The predicted molar refractivity (Wildman–Crippen MR) is 227 cm³/mol. The molecule has 2 saturated heterocycles. The van der Waals surface area contributed by atoms with Gasteiger partial charge in [-0.15, -0.1) is 0 Å². The first kappa shape index (κ1) is 38.6. The number of nitrogens with zero attached hydrogens (tertiary/aromatic N) is 4. The summed E-state index contributed by atoms with van der Waals surface area (Å²) in [6.07, 6.45) is 0.823. The van der Waals surface area contributed by atoms with Crippen molar-refractivity contribution in [2.24, 2.45) is 5.92 Å². The predicted octanol–water partition coefficient (Wildman–Crippen LogP) is 7.18. The first-order chi connectivity index (χ1) is 28.4. The molecular weight excluding hydrogens is 765 g/mol. The molecule has 5 aromatic carbocycles. The van der Waals surface area contributed by atoms with Gasteiger partial charge in [0.1, 0.15) is 5.75 Å². The summed E-state index contributed by atoms with van der Waals surface area (Å²) in [5.41, 5.74) is 1.85. The number of nitro benzene ring substituents is 1. The minimum Gasteiger partial charge on any atom is -0.497 e. The van der Waals surface area contributed by atoms with E-state index in [9.17, 15) is 24.8 Å². The molecule has 5 aromatic rings. The molecule has 3 amide bonds. The number of nitro groups is 1. The fourth-order valence-corrected chi connectivity index (χ4v) is 14.5. The molecule has 4 aliphatic heterocycles. The number of anilines is 3. The van der Waals surface area contributed by atoms with E-state index >= 15 is 4.79 Å². The lowest BCUT2D eigenvalue weighted by Gasteiger charge is -2.37. The summed E-state index contributed by atoms with van der Waals surface area (Å²) in [5, 5.41) is 25.4. The van der Waals surface area contributed by atoms with Gasteiger partial charge in [-0.25, -0.2) is 0 Å². The van der Waals surface area contributed by atoms with Crippen LogP contribution in [-0.2, 0) is 26.5 Å². The van der Waals surface area contributed by atoms with Gasteiger partial charge in [-0.3, -0.25) is 29.4 Å². The number of carbonyl (C=O) groups is 3. The van der Waals surface area contributed by atoms with Crippen molar-refractivity contribution in [1.82, 2.24) is 4.90 Å². The molecule has 0 unspecified atom stereocenters. The second kappa shape index (κ2) is 14.4. The van der Waals surface area contributed by atoms with Crippen molar-refractivity contribution in [2.75, 3.05) is 30.1 Å². The van der Waals surface area contributed by atoms with Gasteiger partial charge in [0.15, 0.2) is 5.60 Å². The van der Waals surface area contributed by atoms with E-state index in [0.717, 1.165) is 33.6 Å². The highest BCUT2D eigenvalue weighted by Crippen LogP contribution is 2.60. The highest BCUT2D eigenvalue weighted by atomic mass is 28.3. The van der Waals surface area contributed by atoms with E-state index in [0.29, 0.717) is 41.2 Å². The Balaban J connectivity index is 1.09. The summed E-state index contributed by atoms with van der Waals surface area (Å²) in [5.74, 6) is -0.355. The highest BCUT2D eigenvalue weighted by Gasteiger charge is 2.67. The Morgan fingerprint density at radius 1 is 0.983 bits per heavy atom. The van der Waals surface area contributed by atoms with Gasteiger partial charge in [0.2, 0.25) is 5.91 Å². The second-order valence-electron chi connectivity index (χ2n) is 16.8. The Kier molecular flexibility index (Phi) is 9.45. The maximum Gasteiger partial charge on any atom is 0.269 e. The Morgan fingerprint density at radius 2 is 1.71 bits per heavy atom. The fourth-order valence-electron chi connectivity index (χ4n) is 10.5. The van der Waals surface area contributed by atoms with Gasteiger partial charge >= 0.3 is 0 Å². The SMILES string of the molecule is COc1ccc([Si](C)(C)[C@@H]2[C@@H](CC(=O)N3CCC[C@H]3CO)O[C@]3(C(=O)N(Cc4ccc(N5C(=O)c6cccc7cccc5c67)cc4)c4ccc([N+](=O)[O-])cc43)[C@H]2C)cc1. The van der Waals surface area contributed by atoms with Crippen LogP contribution in [0.1, 0.15) is 47.7 Å². The molecule has 12 nitrogen and oxygen atoms in total. The van der Waals surface area contributed by atoms with Gasteiger partial charge < -0.3 is 24.4 Å². The van der Waals surface area contributed by atoms with Gasteiger partial charge in [-0.2, -0.15) is 0 Å². The van der Waals surface area contributed by atoms with E-state index in [1.165, 1.54) is 12.1 Å². The number of likely N-dealkylation sites (tertiary alicyclic amines) is 1. The molecule has 2 fully saturated rings. The first-order valence-electron chi connectivity index (χ1n) is 20.2. The van der Waals surface area contributed by atoms with Crippen molar-refractivity contribution in [2.45, 2.75) is 69.1 Å². The first-order valence-corrected chi connectivity index (χ1v) is 23.3. The van der Waals surface area contributed by atoms with Crippen LogP contribution in [0, 0.1) is 16.0 Å². The lowest BCUT2D eigenvalue weighted by atomic mass is 9.82. The fraction of sp³-hybridized carbons (Fsp3) is 0.326. The standard InChI is InChI=1S/C46H46N4O8Si/c1-28-43(59(3,4)35-20-18-34(57-2)19-21-35)40(25-41(52)47-23-7-10-33(47)27-51)58-46(28)37-24-32(50(55)56)17-22-38(37)48(45(46)54)26-29-13-15-31(16-14-29)49-39-12-6-9-30-8-5-11-36(42(30)39)44(49)53/h5-6,8-9,11-22,24,28,33,40,43,51H,7,10,23,25-27H2,1-4H3/t28-,33-,40+,43-,46+/m0/s1. The Hall–Kier alpha value is -5.89. The number of hydrogen-bond acceptors (Lipinski definition) is 8.